The van der Waals surface area contributed by atoms with E-state index in [1.54, 1.807) is 18.3 Å². The summed E-state index contributed by atoms with van der Waals surface area (Å²) in [7, 11) is 0. The maximum atomic E-state index is 13.2. The Kier molecular flexibility index (Phi) is 6.50. The maximum Gasteiger partial charge on any atom is 0.416 e. The molecular weight excluding hydrogens is 554 g/mol. The summed E-state index contributed by atoms with van der Waals surface area (Å²) in [6, 6.07) is 8.79. The van der Waals surface area contributed by atoms with Gasteiger partial charge >= 0.3 is 12.4 Å². The summed E-state index contributed by atoms with van der Waals surface area (Å²) >= 11 is 5.25. The fraction of sp³-hybridized carbons (Fsp3) is 0.429. The lowest BCUT2D eigenvalue weighted by Gasteiger charge is -2.64. The molecule has 2 aromatic carbocycles. The predicted molar refractivity (Wildman–Crippen MR) is 143 cm³/mol. The number of piperidine rings is 3. The van der Waals surface area contributed by atoms with Crippen molar-refractivity contribution >= 4 is 39.6 Å². The third-order valence-corrected chi connectivity index (χ3v) is 8.67. The molecule has 1 unspecified atom stereocenters. The maximum absolute atomic E-state index is 13.2. The molecule has 5 atom stereocenters. The molecule has 212 valence electrons. The number of hydrogen-bond acceptors (Lipinski definition) is 4. The molecule has 6 heterocycles. The number of halogens is 6. The number of ether oxygens (including phenoxy) is 1. The Labute approximate surface area is 231 Å². The van der Waals surface area contributed by atoms with Crippen LogP contribution in [0.15, 0.2) is 48.7 Å². The second-order valence-electron chi connectivity index (χ2n) is 10.7. The molecule has 5 fully saturated rings. The molecule has 4 bridgehead atoms. The van der Waals surface area contributed by atoms with Crippen LogP contribution in [0.5, 0.6) is 0 Å². The molecule has 8 rings (SSSR count). The standard InChI is InChI=1S/C28H26F6N4OS/c1-2-26-14-38-8-6-15(26)12-23(38)24(39-26)20-5-7-35-22-4-3-18(13-21(20)22)36-25(40)37-19-10-16(27(29,30)31)9-17(11-19)28(32,33)34/h3-5,7,9-11,13,15,23-24H,2,6,8,12,14H2,1H3,(H2,36,37,40)/t15-,23+,24-,26+/m0/s1. The van der Waals surface area contributed by atoms with E-state index in [0.29, 0.717) is 23.7 Å². The zero-order valence-electron chi connectivity index (χ0n) is 21.4. The van der Waals surface area contributed by atoms with Crippen molar-refractivity contribution in [1.82, 2.24) is 9.88 Å². The molecular formula is C28H26F6N4OS. The van der Waals surface area contributed by atoms with E-state index in [4.69, 9.17) is 17.0 Å². The highest BCUT2D eigenvalue weighted by molar-refractivity contribution is 7.80. The minimum atomic E-state index is -4.96. The van der Waals surface area contributed by atoms with E-state index in [0.717, 1.165) is 48.8 Å². The van der Waals surface area contributed by atoms with E-state index in [2.05, 4.69) is 27.4 Å². The molecule has 5 aliphatic rings. The number of nitrogens with one attached hydrogen (secondary N) is 2. The van der Waals surface area contributed by atoms with Crippen molar-refractivity contribution in [2.75, 3.05) is 23.7 Å². The molecule has 2 N–H and O–H groups in total. The normalized spacial score (nSPS) is 27.7. The number of hydrogen-bond donors (Lipinski definition) is 2. The zero-order chi connectivity index (χ0) is 28.4. The molecule has 5 aliphatic heterocycles. The molecule has 0 spiro atoms. The SMILES string of the molecule is CC[C@@]12CN3CC[C@H]1C[C@@H]3[C@H](c1ccnc3ccc(NC(=S)Nc4cc(C(F)(F)F)cc(C(F)(F)F)c4)cc13)O2. The number of nitrogens with zero attached hydrogens (tertiary/aromatic N) is 2. The number of pyridine rings is 1. The van der Waals surface area contributed by atoms with Gasteiger partial charge in [-0.05, 0) is 92.0 Å². The van der Waals surface area contributed by atoms with Gasteiger partial charge in [0, 0.05) is 35.5 Å². The molecule has 5 nitrogen and oxygen atoms in total. The lowest BCUT2D eigenvalue weighted by Crippen LogP contribution is -2.70. The van der Waals surface area contributed by atoms with Crippen LogP contribution in [0.2, 0.25) is 0 Å². The van der Waals surface area contributed by atoms with Crippen molar-refractivity contribution in [1.29, 1.82) is 0 Å². The molecule has 0 amide bonds. The van der Waals surface area contributed by atoms with Crippen LogP contribution in [0.4, 0.5) is 37.7 Å². The van der Waals surface area contributed by atoms with Crippen LogP contribution in [0.1, 0.15) is 49.0 Å². The van der Waals surface area contributed by atoms with Crippen molar-refractivity contribution in [3.8, 4) is 0 Å². The summed E-state index contributed by atoms with van der Waals surface area (Å²) in [4.78, 5) is 7.00. The van der Waals surface area contributed by atoms with Gasteiger partial charge in [0.15, 0.2) is 5.11 Å². The fourth-order valence-corrected chi connectivity index (χ4v) is 6.78. The van der Waals surface area contributed by atoms with Gasteiger partial charge in [-0.25, -0.2) is 0 Å². The summed E-state index contributed by atoms with van der Waals surface area (Å²) in [5.41, 5.74) is -1.21. The first kappa shape index (κ1) is 27.2. The Balaban J connectivity index is 1.27. The summed E-state index contributed by atoms with van der Waals surface area (Å²) in [5.74, 6) is 0.547. The number of thiocarbonyl (C=S) groups is 1. The number of benzene rings is 2. The third-order valence-electron chi connectivity index (χ3n) is 8.47. The van der Waals surface area contributed by atoms with Gasteiger partial charge in [0.1, 0.15) is 0 Å². The van der Waals surface area contributed by atoms with Crippen LogP contribution in [-0.2, 0) is 17.1 Å². The van der Waals surface area contributed by atoms with E-state index >= 15 is 0 Å². The second-order valence-corrected chi connectivity index (χ2v) is 11.1. The summed E-state index contributed by atoms with van der Waals surface area (Å²) in [6.45, 7) is 4.16. The number of fused-ring (bicyclic) bond motifs is 3. The smallest absolute Gasteiger partial charge is 0.364 e. The van der Waals surface area contributed by atoms with Crippen LogP contribution < -0.4 is 10.6 Å². The monoisotopic (exact) mass is 580 g/mol. The van der Waals surface area contributed by atoms with Gasteiger partial charge in [0.25, 0.3) is 0 Å². The van der Waals surface area contributed by atoms with Crippen molar-refractivity contribution in [3.05, 3.63) is 65.4 Å². The molecule has 12 heteroatoms. The van der Waals surface area contributed by atoms with Gasteiger partial charge in [-0.3, -0.25) is 9.88 Å². The molecule has 3 aromatic rings. The summed E-state index contributed by atoms with van der Waals surface area (Å²) in [6.07, 6.45) is -5.15. The number of rotatable bonds is 4. The predicted octanol–water partition coefficient (Wildman–Crippen LogP) is 7.40. The molecule has 5 saturated heterocycles. The molecule has 1 aromatic heterocycles. The van der Waals surface area contributed by atoms with Gasteiger partial charge in [0.05, 0.1) is 28.3 Å². The Morgan fingerprint density at radius 3 is 2.35 bits per heavy atom. The largest absolute Gasteiger partial charge is 0.416 e. The fourth-order valence-electron chi connectivity index (χ4n) is 6.54. The number of morpholine rings is 1. The van der Waals surface area contributed by atoms with Crippen molar-refractivity contribution in [2.45, 2.75) is 56.3 Å². The van der Waals surface area contributed by atoms with E-state index in [9.17, 15) is 26.3 Å². The highest BCUT2D eigenvalue weighted by Gasteiger charge is 2.58. The molecule has 0 saturated carbocycles. The highest BCUT2D eigenvalue weighted by atomic mass is 32.1. The van der Waals surface area contributed by atoms with Crippen LogP contribution >= 0.6 is 12.2 Å². The van der Waals surface area contributed by atoms with E-state index in [1.165, 1.54) is 0 Å². The van der Waals surface area contributed by atoms with Crippen molar-refractivity contribution < 1.29 is 31.1 Å². The van der Waals surface area contributed by atoms with Crippen LogP contribution in [0.25, 0.3) is 10.9 Å². The second kappa shape index (κ2) is 9.56. The third kappa shape index (κ3) is 4.79. The summed E-state index contributed by atoms with van der Waals surface area (Å²) < 4.78 is 86.3. The van der Waals surface area contributed by atoms with E-state index in [1.807, 2.05) is 12.1 Å². The minimum Gasteiger partial charge on any atom is -0.364 e. The first-order valence-corrected chi connectivity index (χ1v) is 13.5. The minimum absolute atomic E-state index is 0.0740. The summed E-state index contributed by atoms with van der Waals surface area (Å²) in [5, 5.41) is 6.04. The first-order valence-electron chi connectivity index (χ1n) is 13.0. The van der Waals surface area contributed by atoms with Crippen LogP contribution in [0.3, 0.4) is 0 Å². The lowest BCUT2D eigenvalue weighted by atomic mass is 9.66. The van der Waals surface area contributed by atoms with E-state index in [-0.39, 0.29) is 28.9 Å². The Morgan fingerprint density at radius 1 is 1.02 bits per heavy atom. The van der Waals surface area contributed by atoms with Gasteiger partial charge in [0.2, 0.25) is 0 Å². The van der Waals surface area contributed by atoms with Crippen LogP contribution in [0, 0.1) is 5.92 Å². The number of anilines is 2. The van der Waals surface area contributed by atoms with Crippen molar-refractivity contribution in [2.24, 2.45) is 5.92 Å². The average Bonchev–Trinajstić information content (AvgIpc) is 2.91. The number of aromatic nitrogens is 1. The van der Waals surface area contributed by atoms with Crippen molar-refractivity contribution in [3.63, 3.8) is 0 Å². The molecule has 0 aliphatic carbocycles. The lowest BCUT2D eigenvalue weighted by molar-refractivity contribution is -0.274. The highest BCUT2D eigenvalue weighted by Crippen LogP contribution is 2.54. The van der Waals surface area contributed by atoms with Gasteiger partial charge in [-0.2, -0.15) is 26.3 Å². The van der Waals surface area contributed by atoms with E-state index < -0.39 is 29.2 Å². The Bertz CT molecular complexity index is 1450. The van der Waals surface area contributed by atoms with Gasteiger partial charge < -0.3 is 15.4 Å². The van der Waals surface area contributed by atoms with Gasteiger partial charge in [-0.1, -0.05) is 6.92 Å². The molecule has 40 heavy (non-hydrogen) atoms. The zero-order valence-corrected chi connectivity index (χ0v) is 22.2. The Morgan fingerprint density at radius 2 is 1.73 bits per heavy atom. The topological polar surface area (TPSA) is 49.4 Å². The number of alkyl halides is 6. The molecule has 0 radical (unpaired) electrons. The van der Waals surface area contributed by atoms with Gasteiger partial charge in [-0.15, -0.1) is 0 Å². The average molecular weight is 581 g/mol. The Hall–Kier alpha value is -2.96. The quantitative estimate of drug-likeness (QED) is 0.248. The first-order chi connectivity index (χ1) is 18.9. The van der Waals surface area contributed by atoms with Crippen LogP contribution in [-0.4, -0.2) is 39.7 Å².